The van der Waals surface area contributed by atoms with Crippen molar-refractivity contribution in [3.8, 4) is 17.2 Å². The van der Waals surface area contributed by atoms with E-state index in [2.05, 4.69) is 36.8 Å². The maximum absolute atomic E-state index is 14.0. The molecule has 0 fully saturated rings. The number of methoxy groups -OCH3 is 1. The highest BCUT2D eigenvalue weighted by atomic mass is 79.9. The first-order chi connectivity index (χ1) is 16.7. The van der Waals surface area contributed by atoms with Crippen LogP contribution >= 0.6 is 27.7 Å². The Labute approximate surface area is 209 Å². The van der Waals surface area contributed by atoms with Crippen LogP contribution in [0.25, 0.3) is 5.69 Å². The Hall–Kier alpha value is -2.95. The molecule has 1 aromatic heterocycles. The fraction of sp³-hybridized carbons (Fsp3) is 0.208. The Kier molecular flexibility index (Phi) is 8.51. The summed E-state index contributed by atoms with van der Waals surface area (Å²) in [4.78, 5) is 0. The molecule has 0 saturated heterocycles. The Morgan fingerprint density at radius 1 is 1.06 bits per heavy atom. The van der Waals surface area contributed by atoms with Gasteiger partial charge < -0.3 is 14.8 Å². The second-order valence-corrected chi connectivity index (χ2v) is 9.09. The van der Waals surface area contributed by atoms with Crippen LogP contribution < -0.4 is 14.8 Å². The number of thioether (sulfide) groups is 1. The summed E-state index contributed by atoms with van der Waals surface area (Å²) in [6, 6.07) is 20.1. The van der Waals surface area contributed by atoms with Gasteiger partial charge in [-0.05, 0) is 40.8 Å². The number of nitrogens with one attached hydrogen (secondary N) is 1. The van der Waals surface area contributed by atoms with Crippen LogP contribution in [0.5, 0.6) is 11.5 Å². The average Bonchev–Trinajstić information content (AvgIpc) is 3.33. The normalized spacial score (nSPS) is 10.9. The molecule has 0 aliphatic heterocycles. The second kappa shape index (κ2) is 12.0. The quantitative estimate of drug-likeness (QED) is 0.210. The summed E-state index contributed by atoms with van der Waals surface area (Å²) in [5.74, 6) is 1.63. The predicted molar refractivity (Wildman–Crippen MR) is 133 cm³/mol. The summed E-state index contributed by atoms with van der Waals surface area (Å²) in [5.41, 5.74) is 2.30. The third-order valence-corrected chi connectivity index (χ3v) is 6.63. The van der Waals surface area contributed by atoms with Crippen molar-refractivity contribution in [2.75, 3.05) is 19.4 Å². The monoisotopic (exact) mass is 543 g/mol. The van der Waals surface area contributed by atoms with E-state index in [0.717, 1.165) is 26.6 Å². The molecule has 0 radical (unpaired) electrons. The van der Waals surface area contributed by atoms with Crippen LogP contribution in [-0.4, -0.2) is 39.6 Å². The predicted octanol–water partition coefficient (Wildman–Crippen LogP) is 5.03. The fourth-order valence-electron chi connectivity index (χ4n) is 3.26. The van der Waals surface area contributed by atoms with E-state index in [9.17, 15) is 4.39 Å². The van der Waals surface area contributed by atoms with Crippen molar-refractivity contribution in [2.45, 2.75) is 18.3 Å². The van der Waals surface area contributed by atoms with Crippen LogP contribution in [0.3, 0.4) is 0 Å². The molecule has 176 valence electrons. The fourth-order valence-corrected chi connectivity index (χ4v) is 4.50. The molecule has 0 unspecified atom stereocenters. The van der Waals surface area contributed by atoms with Gasteiger partial charge in [0.15, 0.2) is 11.5 Å². The maximum Gasteiger partial charge on any atom is 0.214 e. The smallest absolute Gasteiger partial charge is 0.214 e. The lowest BCUT2D eigenvalue weighted by atomic mass is 10.1. The van der Waals surface area contributed by atoms with Crippen molar-refractivity contribution >= 4 is 27.7 Å². The van der Waals surface area contributed by atoms with Crippen molar-refractivity contribution in [3.63, 3.8) is 0 Å². The summed E-state index contributed by atoms with van der Waals surface area (Å²) in [6.45, 7) is 1.35. The van der Waals surface area contributed by atoms with Gasteiger partial charge in [-0.25, -0.2) is 4.39 Å². The molecule has 0 amide bonds. The molecule has 10 heteroatoms. The van der Waals surface area contributed by atoms with E-state index < -0.39 is 0 Å². The van der Waals surface area contributed by atoms with Crippen LogP contribution in [0, 0.1) is 5.82 Å². The Morgan fingerprint density at radius 2 is 1.85 bits per heavy atom. The zero-order valence-electron chi connectivity index (χ0n) is 18.4. The van der Waals surface area contributed by atoms with E-state index in [4.69, 9.17) is 9.47 Å². The van der Waals surface area contributed by atoms with Crippen LogP contribution in [-0.2, 0) is 13.2 Å². The van der Waals surface area contributed by atoms with E-state index in [1.807, 2.05) is 42.5 Å². The van der Waals surface area contributed by atoms with Gasteiger partial charge in [0.1, 0.15) is 12.4 Å². The molecule has 34 heavy (non-hydrogen) atoms. The number of halogens is 2. The van der Waals surface area contributed by atoms with Gasteiger partial charge in [0.25, 0.3) is 0 Å². The van der Waals surface area contributed by atoms with Gasteiger partial charge in [-0.2, -0.15) is 4.68 Å². The number of nitrogens with zero attached hydrogens (tertiary/aromatic N) is 4. The van der Waals surface area contributed by atoms with Crippen LogP contribution in [0.1, 0.15) is 11.1 Å². The molecular weight excluding hydrogens is 521 g/mol. The molecule has 1 N–H and O–H groups in total. The first-order valence-corrected chi connectivity index (χ1v) is 12.3. The minimum Gasteiger partial charge on any atom is -0.493 e. The first-order valence-electron chi connectivity index (χ1n) is 10.6. The number of hydrogen-bond donors (Lipinski definition) is 1. The molecule has 0 atom stereocenters. The first kappa shape index (κ1) is 24.2. The number of para-hydroxylation sites is 1. The molecule has 0 saturated carbocycles. The molecule has 0 bridgehead atoms. The van der Waals surface area contributed by atoms with E-state index in [1.54, 1.807) is 41.8 Å². The SMILES string of the molecule is COc1ccc(Br)c(CNCCSc2nnnn2-c2ccccc2)c1OCc1ccccc1F. The lowest BCUT2D eigenvalue weighted by molar-refractivity contribution is 0.276. The zero-order chi connectivity index (χ0) is 23.8. The molecule has 0 aliphatic carbocycles. The highest BCUT2D eigenvalue weighted by Gasteiger charge is 2.16. The summed E-state index contributed by atoms with van der Waals surface area (Å²) in [5, 5.41) is 16.2. The van der Waals surface area contributed by atoms with Gasteiger partial charge in [-0.1, -0.05) is 64.1 Å². The van der Waals surface area contributed by atoms with Crippen molar-refractivity contribution in [2.24, 2.45) is 0 Å². The molecule has 1 heterocycles. The highest BCUT2D eigenvalue weighted by molar-refractivity contribution is 9.10. The molecular formula is C24H23BrFN5O2S. The third-order valence-electron chi connectivity index (χ3n) is 4.97. The average molecular weight is 544 g/mol. The topological polar surface area (TPSA) is 74.1 Å². The molecule has 0 spiro atoms. The molecule has 7 nitrogen and oxygen atoms in total. The summed E-state index contributed by atoms with van der Waals surface area (Å²) >= 11 is 5.17. The Morgan fingerprint density at radius 3 is 2.65 bits per heavy atom. The summed E-state index contributed by atoms with van der Waals surface area (Å²) in [7, 11) is 1.59. The number of aromatic nitrogens is 4. The van der Waals surface area contributed by atoms with Gasteiger partial charge in [-0.3, -0.25) is 0 Å². The highest BCUT2D eigenvalue weighted by Crippen LogP contribution is 2.37. The Bertz CT molecular complexity index is 1230. The van der Waals surface area contributed by atoms with E-state index in [1.165, 1.54) is 6.07 Å². The van der Waals surface area contributed by atoms with E-state index >= 15 is 0 Å². The minimum atomic E-state index is -0.300. The number of rotatable bonds is 11. The largest absolute Gasteiger partial charge is 0.493 e. The summed E-state index contributed by atoms with van der Waals surface area (Å²) < 4.78 is 28.2. The van der Waals surface area contributed by atoms with E-state index in [-0.39, 0.29) is 12.4 Å². The van der Waals surface area contributed by atoms with Crippen molar-refractivity contribution in [3.05, 3.63) is 88.1 Å². The van der Waals surface area contributed by atoms with Crippen LogP contribution in [0.4, 0.5) is 4.39 Å². The maximum atomic E-state index is 14.0. The van der Waals surface area contributed by atoms with Gasteiger partial charge in [0.05, 0.1) is 12.8 Å². The lowest BCUT2D eigenvalue weighted by Crippen LogP contribution is -2.18. The van der Waals surface area contributed by atoms with Gasteiger partial charge in [0, 0.05) is 34.4 Å². The van der Waals surface area contributed by atoms with Crippen molar-refractivity contribution in [1.29, 1.82) is 0 Å². The number of benzene rings is 3. The standard InChI is InChI=1S/C24H23BrFN5O2S/c1-32-22-12-11-20(25)19(23(22)33-16-17-7-5-6-10-21(17)26)15-27-13-14-34-24-28-29-30-31(24)18-8-3-2-4-9-18/h2-12,27H,13-16H2,1H3. The van der Waals surface area contributed by atoms with Gasteiger partial charge in [-0.15, -0.1) is 5.10 Å². The lowest BCUT2D eigenvalue weighted by Gasteiger charge is -2.17. The zero-order valence-corrected chi connectivity index (χ0v) is 20.9. The second-order valence-electron chi connectivity index (χ2n) is 7.17. The Balaban J connectivity index is 1.37. The molecule has 3 aromatic carbocycles. The van der Waals surface area contributed by atoms with Gasteiger partial charge >= 0.3 is 0 Å². The summed E-state index contributed by atoms with van der Waals surface area (Å²) in [6.07, 6.45) is 0. The van der Waals surface area contributed by atoms with Crippen LogP contribution in [0.15, 0.2) is 76.4 Å². The number of hydrogen-bond acceptors (Lipinski definition) is 7. The van der Waals surface area contributed by atoms with Crippen molar-refractivity contribution < 1.29 is 13.9 Å². The third kappa shape index (κ3) is 5.94. The van der Waals surface area contributed by atoms with Crippen molar-refractivity contribution in [1.82, 2.24) is 25.5 Å². The number of ether oxygens (including phenoxy) is 2. The minimum absolute atomic E-state index is 0.102. The number of tetrazole rings is 1. The molecule has 4 rings (SSSR count). The van der Waals surface area contributed by atoms with E-state index in [0.29, 0.717) is 30.2 Å². The molecule has 4 aromatic rings. The molecule has 0 aliphatic rings. The van der Waals surface area contributed by atoms with Crippen LogP contribution in [0.2, 0.25) is 0 Å². The van der Waals surface area contributed by atoms with Gasteiger partial charge in [0.2, 0.25) is 5.16 Å².